The van der Waals surface area contributed by atoms with Crippen LogP contribution in [-0.4, -0.2) is 14.2 Å². The smallest absolute Gasteiger partial charge is 0.118 e. The van der Waals surface area contributed by atoms with Crippen LogP contribution in [0.25, 0.3) is 0 Å². The van der Waals surface area contributed by atoms with Crippen LogP contribution in [-0.2, 0) is 12.8 Å². The summed E-state index contributed by atoms with van der Waals surface area (Å²) in [5, 5.41) is 0. The molecule has 0 fully saturated rings. The summed E-state index contributed by atoms with van der Waals surface area (Å²) >= 11 is 0. The van der Waals surface area contributed by atoms with Gasteiger partial charge in [0.25, 0.3) is 0 Å². The van der Waals surface area contributed by atoms with Gasteiger partial charge in [0.05, 0.1) is 14.2 Å². The van der Waals surface area contributed by atoms with E-state index in [-0.39, 0.29) is 0 Å². The Labute approximate surface area is 134 Å². The van der Waals surface area contributed by atoms with Gasteiger partial charge in [-0.05, 0) is 60.1 Å². The lowest BCUT2D eigenvalue weighted by atomic mass is 9.85. The van der Waals surface area contributed by atoms with Crippen molar-refractivity contribution in [2.24, 2.45) is 11.8 Å². The van der Waals surface area contributed by atoms with Gasteiger partial charge in [0.15, 0.2) is 0 Å². The SMILES string of the molecule is COc1ccc(CC(C)C(C)Cc2ccc(OC)cc2)cc1. The highest BCUT2D eigenvalue weighted by atomic mass is 16.5. The van der Waals surface area contributed by atoms with Crippen molar-refractivity contribution in [2.45, 2.75) is 26.7 Å². The molecule has 2 nitrogen and oxygen atoms in total. The number of rotatable bonds is 7. The maximum absolute atomic E-state index is 5.21. The van der Waals surface area contributed by atoms with Gasteiger partial charge in [0, 0.05) is 0 Å². The molecule has 0 amide bonds. The highest BCUT2D eigenvalue weighted by molar-refractivity contribution is 5.28. The quantitative estimate of drug-likeness (QED) is 0.733. The van der Waals surface area contributed by atoms with Crippen LogP contribution in [0.5, 0.6) is 11.5 Å². The predicted molar refractivity (Wildman–Crippen MR) is 91.7 cm³/mol. The Morgan fingerprint density at radius 1 is 0.636 bits per heavy atom. The maximum atomic E-state index is 5.21. The van der Waals surface area contributed by atoms with Crippen LogP contribution in [0.3, 0.4) is 0 Å². The number of benzene rings is 2. The van der Waals surface area contributed by atoms with Crippen LogP contribution in [0.4, 0.5) is 0 Å². The molecule has 2 rings (SSSR count). The van der Waals surface area contributed by atoms with Gasteiger partial charge in [0.1, 0.15) is 11.5 Å². The van der Waals surface area contributed by atoms with E-state index in [9.17, 15) is 0 Å². The number of hydrogen-bond acceptors (Lipinski definition) is 2. The van der Waals surface area contributed by atoms with Crippen molar-refractivity contribution in [1.29, 1.82) is 0 Å². The van der Waals surface area contributed by atoms with Crippen LogP contribution < -0.4 is 9.47 Å². The molecule has 0 saturated heterocycles. The second-order valence-corrected chi connectivity index (χ2v) is 6.06. The van der Waals surface area contributed by atoms with Crippen LogP contribution in [0.15, 0.2) is 48.5 Å². The monoisotopic (exact) mass is 298 g/mol. The molecule has 0 N–H and O–H groups in total. The fourth-order valence-corrected chi connectivity index (χ4v) is 2.67. The first-order valence-corrected chi connectivity index (χ1v) is 7.88. The summed E-state index contributed by atoms with van der Waals surface area (Å²) in [6, 6.07) is 16.8. The Balaban J connectivity index is 1.91. The fraction of sp³-hybridized carbons (Fsp3) is 0.400. The van der Waals surface area contributed by atoms with E-state index in [0.29, 0.717) is 11.8 Å². The third kappa shape index (κ3) is 4.52. The molecule has 0 aromatic heterocycles. The third-order valence-electron chi connectivity index (χ3n) is 4.40. The summed E-state index contributed by atoms with van der Waals surface area (Å²) in [6.07, 6.45) is 2.20. The molecule has 2 heteroatoms. The zero-order valence-electron chi connectivity index (χ0n) is 14.0. The molecule has 0 aliphatic carbocycles. The summed E-state index contributed by atoms with van der Waals surface area (Å²) in [6.45, 7) is 4.66. The largest absolute Gasteiger partial charge is 0.497 e. The lowest BCUT2D eigenvalue weighted by Crippen LogP contribution is -2.13. The third-order valence-corrected chi connectivity index (χ3v) is 4.40. The Kier molecular flexibility index (Phi) is 5.88. The summed E-state index contributed by atoms with van der Waals surface area (Å²) in [4.78, 5) is 0. The average Bonchev–Trinajstić information content (AvgIpc) is 2.56. The lowest BCUT2D eigenvalue weighted by Gasteiger charge is -2.20. The number of methoxy groups -OCH3 is 2. The van der Waals surface area contributed by atoms with Gasteiger partial charge in [-0.1, -0.05) is 38.1 Å². The molecule has 2 atom stereocenters. The molecule has 2 aromatic rings. The van der Waals surface area contributed by atoms with Gasteiger partial charge >= 0.3 is 0 Å². The predicted octanol–water partition coefficient (Wildman–Crippen LogP) is 4.76. The van der Waals surface area contributed by atoms with Crippen molar-refractivity contribution in [2.75, 3.05) is 14.2 Å². The summed E-state index contributed by atoms with van der Waals surface area (Å²) < 4.78 is 10.4. The molecule has 2 unspecified atom stereocenters. The van der Waals surface area contributed by atoms with E-state index in [1.165, 1.54) is 11.1 Å². The average molecular weight is 298 g/mol. The zero-order chi connectivity index (χ0) is 15.9. The molecule has 0 spiro atoms. The Morgan fingerprint density at radius 2 is 0.955 bits per heavy atom. The minimum atomic E-state index is 0.635. The van der Waals surface area contributed by atoms with Crippen molar-refractivity contribution >= 4 is 0 Å². The highest BCUT2D eigenvalue weighted by Crippen LogP contribution is 2.23. The molecule has 0 saturated carbocycles. The van der Waals surface area contributed by atoms with E-state index >= 15 is 0 Å². The maximum Gasteiger partial charge on any atom is 0.118 e. The summed E-state index contributed by atoms with van der Waals surface area (Å²) in [5.74, 6) is 3.11. The zero-order valence-corrected chi connectivity index (χ0v) is 14.0. The minimum absolute atomic E-state index is 0.635. The molecular weight excluding hydrogens is 272 g/mol. The van der Waals surface area contributed by atoms with Gasteiger partial charge in [-0.3, -0.25) is 0 Å². The van der Waals surface area contributed by atoms with E-state index in [4.69, 9.17) is 9.47 Å². The molecule has 2 aromatic carbocycles. The summed E-state index contributed by atoms with van der Waals surface area (Å²) in [5.41, 5.74) is 2.74. The molecule has 0 aliphatic heterocycles. The second kappa shape index (κ2) is 7.88. The van der Waals surface area contributed by atoms with E-state index in [1.54, 1.807) is 14.2 Å². The Morgan fingerprint density at radius 3 is 1.23 bits per heavy atom. The van der Waals surface area contributed by atoms with E-state index in [0.717, 1.165) is 24.3 Å². The fourth-order valence-electron chi connectivity index (χ4n) is 2.67. The molecule has 0 radical (unpaired) electrons. The molecule has 118 valence electrons. The first-order valence-electron chi connectivity index (χ1n) is 7.88. The molecule has 0 heterocycles. The molecular formula is C20H26O2. The lowest BCUT2D eigenvalue weighted by molar-refractivity contribution is 0.382. The van der Waals surface area contributed by atoms with Gasteiger partial charge in [-0.25, -0.2) is 0 Å². The van der Waals surface area contributed by atoms with Crippen LogP contribution in [0.1, 0.15) is 25.0 Å². The van der Waals surface area contributed by atoms with Crippen molar-refractivity contribution in [1.82, 2.24) is 0 Å². The molecule has 0 bridgehead atoms. The number of hydrogen-bond donors (Lipinski definition) is 0. The normalized spacial score (nSPS) is 13.5. The second-order valence-electron chi connectivity index (χ2n) is 6.06. The van der Waals surface area contributed by atoms with Gasteiger partial charge in [-0.2, -0.15) is 0 Å². The highest BCUT2D eigenvalue weighted by Gasteiger charge is 2.13. The van der Waals surface area contributed by atoms with E-state index in [2.05, 4.69) is 38.1 Å². The van der Waals surface area contributed by atoms with Crippen LogP contribution >= 0.6 is 0 Å². The van der Waals surface area contributed by atoms with Gasteiger partial charge < -0.3 is 9.47 Å². The topological polar surface area (TPSA) is 18.5 Å². The molecule has 22 heavy (non-hydrogen) atoms. The number of ether oxygens (including phenoxy) is 2. The van der Waals surface area contributed by atoms with Crippen molar-refractivity contribution < 1.29 is 9.47 Å². The summed E-state index contributed by atoms with van der Waals surface area (Å²) in [7, 11) is 3.41. The van der Waals surface area contributed by atoms with Crippen LogP contribution in [0, 0.1) is 11.8 Å². The van der Waals surface area contributed by atoms with E-state index in [1.807, 2.05) is 24.3 Å². The standard InChI is InChI=1S/C20H26O2/c1-15(13-17-5-9-19(21-3)10-6-17)16(2)14-18-7-11-20(22-4)12-8-18/h5-12,15-16H,13-14H2,1-4H3. The van der Waals surface area contributed by atoms with Gasteiger partial charge in [-0.15, -0.1) is 0 Å². The Hall–Kier alpha value is -1.96. The van der Waals surface area contributed by atoms with Crippen LogP contribution in [0.2, 0.25) is 0 Å². The first kappa shape index (κ1) is 16.4. The Bertz CT molecular complexity index is 504. The van der Waals surface area contributed by atoms with Crippen molar-refractivity contribution in [3.05, 3.63) is 59.7 Å². The van der Waals surface area contributed by atoms with E-state index < -0.39 is 0 Å². The molecule has 0 aliphatic rings. The first-order chi connectivity index (χ1) is 10.6. The van der Waals surface area contributed by atoms with Crippen molar-refractivity contribution in [3.8, 4) is 11.5 Å². The van der Waals surface area contributed by atoms with Crippen molar-refractivity contribution in [3.63, 3.8) is 0 Å². The van der Waals surface area contributed by atoms with Gasteiger partial charge in [0.2, 0.25) is 0 Å². The minimum Gasteiger partial charge on any atom is -0.497 e.